The molecule has 0 saturated carbocycles. The van der Waals surface area contributed by atoms with E-state index in [0.717, 1.165) is 6.20 Å². The topological polar surface area (TPSA) is 142 Å². The van der Waals surface area contributed by atoms with Crippen LogP contribution in [0.4, 0.5) is 0 Å². The van der Waals surface area contributed by atoms with Crippen molar-refractivity contribution in [2.75, 3.05) is 26.4 Å². The summed E-state index contributed by atoms with van der Waals surface area (Å²) in [5.74, 6) is -1.37. The van der Waals surface area contributed by atoms with E-state index >= 15 is 0 Å². The van der Waals surface area contributed by atoms with Crippen molar-refractivity contribution >= 4 is 16.0 Å². The molecule has 0 aliphatic carbocycles. The number of aromatic amines is 1. The maximum Gasteiger partial charge on any atom is 0.340 e. The number of sulfonamides is 1. The van der Waals surface area contributed by atoms with Gasteiger partial charge in [-0.3, -0.25) is 5.10 Å². The SMILES string of the molecule is O=C(O)c1cn[nH]c1S(=O)(=O)NCCCOCCO. The Bertz CT molecular complexity index is 512. The normalized spacial score (nSPS) is 11.6. The number of rotatable bonds is 9. The smallest absolute Gasteiger partial charge is 0.340 e. The molecule has 4 N–H and O–H groups in total. The van der Waals surface area contributed by atoms with Gasteiger partial charge in [0.05, 0.1) is 19.4 Å². The van der Waals surface area contributed by atoms with Crippen LogP contribution in [0, 0.1) is 0 Å². The molecule has 0 unspecified atom stereocenters. The molecular formula is C9H15N3O6S. The number of carboxylic acids is 1. The predicted molar refractivity (Wildman–Crippen MR) is 63.3 cm³/mol. The molecule has 0 radical (unpaired) electrons. The molecule has 1 aromatic heterocycles. The number of nitrogens with zero attached hydrogens (tertiary/aromatic N) is 1. The molecule has 1 rings (SSSR count). The second-order valence-electron chi connectivity index (χ2n) is 3.51. The lowest BCUT2D eigenvalue weighted by atomic mass is 10.4. The third-order valence-electron chi connectivity index (χ3n) is 2.10. The van der Waals surface area contributed by atoms with Crippen molar-refractivity contribution in [3.05, 3.63) is 11.8 Å². The zero-order valence-electron chi connectivity index (χ0n) is 10.00. The van der Waals surface area contributed by atoms with Gasteiger partial charge < -0.3 is 14.9 Å². The first-order chi connectivity index (χ1) is 8.99. The molecule has 1 heterocycles. The molecule has 0 aromatic carbocycles. The number of aliphatic hydroxyl groups is 1. The standard InChI is InChI=1S/C9H15N3O6S/c13-3-5-18-4-1-2-11-19(16,17)8-7(9(14)15)6-10-12-8/h6,11,13H,1-5H2,(H,10,12)(H,14,15). The predicted octanol–water partition coefficient (Wildman–Crippen LogP) is -1.21. The van der Waals surface area contributed by atoms with Gasteiger partial charge in [-0.2, -0.15) is 5.10 Å². The average Bonchev–Trinajstić information content (AvgIpc) is 2.83. The van der Waals surface area contributed by atoms with E-state index in [1.54, 1.807) is 0 Å². The Balaban J connectivity index is 2.52. The molecule has 1 aromatic rings. The average molecular weight is 293 g/mol. The van der Waals surface area contributed by atoms with E-state index in [4.69, 9.17) is 14.9 Å². The molecule has 0 atom stereocenters. The first kappa shape index (κ1) is 15.6. The molecule has 0 fully saturated rings. The maximum atomic E-state index is 11.8. The first-order valence-electron chi connectivity index (χ1n) is 5.44. The van der Waals surface area contributed by atoms with Crippen molar-refractivity contribution in [3.8, 4) is 0 Å². The lowest BCUT2D eigenvalue weighted by Crippen LogP contribution is -2.27. The molecule has 0 amide bonds. The minimum Gasteiger partial charge on any atom is -0.478 e. The fraction of sp³-hybridized carbons (Fsp3) is 0.556. The number of hydrogen-bond acceptors (Lipinski definition) is 6. The van der Waals surface area contributed by atoms with E-state index in [0.29, 0.717) is 6.42 Å². The molecule has 19 heavy (non-hydrogen) atoms. The van der Waals surface area contributed by atoms with Gasteiger partial charge >= 0.3 is 5.97 Å². The van der Waals surface area contributed by atoms with E-state index in [-0.39, 0.29) is 26.4 Å². The number of carbonyl (C=O) groups is 1. The monoisotopic (exact) mass is 293 g/mol. The Morgan fingerprint density at radius 3 is 2.84 bits per heavy atom. The maximum absolute atomic E-state index is 11.8. The largest absolute Gasteiger partial charge is 0.478 e. The zero-order chi connectivity index (χ0) is 14.3. The Kier molecular flexibility index (Phi) is 5.89. The Morgan fingerprint density at radius 2 is 2.21 bits per heavy atom. The molecule has 0 aliphatic heterocycles. The lowest BCUT2D eigenvalue weighted by molar-refractivity contribution is 0.0692. The van der Waals surface area contributed by atoms with E-state index in [1.807, 2.05) is 0 Å². The van der Waals surface area contributed by atoms with Gasteiger partial charge in [0, 0.05) is 13.2 Å². The van der Waals surface area contributed by atoms with Crippen LogP contribution in [0.3, 0.4) is 0 Å². The molecule has 0 spiro atoms. The summed E-state index contributed by atoms with van der Waals surface area (Å²) in [4.78, 5) is 10.8. The van der Waals surface area contributed by atoms with Gasteiger partial charge in [-0.1, -0.05) is 0 Å². The van der Waals surface area contributed by atoms with E-state index in [9.17, 15) is 13.2 Å². The van der Waals surface area contributed by atoms with E-state index in [2.05, 4.69) is 14.9 Å². The van der Waals surface area contributed by atoms with Gasteiger partial charge in [-0.25, -0.2) is 17.9 Å². The van der Waals surface area contributed by atoms with Crippen molar-refractivity contribution in [2.24, 2.45) is 0 Å². The third-order valence-corrected chi connectivity index (χ3v) is 3.53. The zero-order valence-corrected chi connectivity index (χ0v) is 10.8. The van der Waals surface area contributed by atoms with Gasteiger partial charge in [0.15, 0.2) is 5.03 Å². The molecule has 0 aliphatic rings. The van der Waals surface area contributed by atoms with E-state index < -0.39 is 26.6 Å². The van der Waals surface area contributed by atoms with Crippen molar-refractivity contribution in [2.45, 2.75) is 11.4 Å². The first-order valence-corrected chi connectivity index (χ1v) is 6.92. The van der Waals surface area contributed by atoms with Crippen LogP contribution in [0.15, 0.2) is 11.2 Å². The minimum absolute atomic E-state index is 0.0891. The number of nitrogens with one attached hydrogen (secondary N) is 2. The van der Waals surface area contributed by atoms with Crippen LogP contribution in [-0.4, -0.2) is 61.2 Å². The highest BCUT2D eigenvalue weighted by atomic mass is 32.2. The Morgan fingerprint density at radius 1 is 1.47 bits per heavy atom. The number of hydrogen-bond donors (Lipinski definition) is 4. The Labute approximate surface area is 109 Å². The summed E-state index contributed by atoms with van der Waals surface area (Å²) in [5, 5.41) is 22.3. The molecule has 108 valence electrons. The van der Waals surface area contributed by atoms with Gasteiger partial charge in [-0.15, -0.1) is 0 Å². The van der Waals surface area contributed by atoms with Crippen LogP contribution in [0.5, 0.6) is 0 Å². The van der Waals surface area contributed by atoms with Crippen molar-refractivity contribution in [3.63, 3.8) is 0 Å². The highest BCUT2D eigenvalue weighted by Gasteiger charge is 2.24. The van der Waals surface area contributed by atoms with Gasteiger partial charge in [0.1, 0.15) is 5.56 Å². The molecule has 0 saturated heterocycles. The number of aliphatic hydroxyl groups excluding tert-OH is 1. The van der Waals surface area contributed by atoms with E-state index in [1.165, 1.54) is 0 Å². The van der Waals surface area contributed by atoms with Gasteiger partial charge in [0.2, 0.25) is 0 Å². The number of ether oxygens (including phenoxy) is 1. The molecule has 0 bridgehead atoms. The molecule has 10 heteroatoms. The summed E-state index contributed by atoms with van der Waals surface area (Å²) < 4.78 is 30.7. The minimum atomic E-state index is -3.94. The Hall–Kier alpha value is -1.49. The summed E-state index contributed by atoms with van der Waals surface area (Å²) in [5.41, 5.74) is -0.413. The second-order valence-corrected chi connectivity index (χ2v) is 5.21. The molecule has 9 nitrogen and oxygen atoms in total. The lowest BCUT2D eigenvalue weighted by Gasteiger charge is -2.06. The van der Waals surface area contributed by atoms with Gasteiger partial charge in [0.25, 0.3) is 10.0 Å². The second kappa shape index (κ2) is 7.19. The molecular weight excluding hydrogens is 278 g/mol. The quantitative estimate of drug-likeness (QED) is 0.418. The number of aromatic nitrogens is 2. The number of aromatic carboxylic acids is 1. The fourth-order valence-electron chi connectivity index (χ4n) is 1.25. The number of H-pyrrole nitrogens is 1. The summed E-state index contributed by atoms with van der Waals surface area (Å²) in [6.07, 6.45) is 1.33. The fourth-order valence-corrected chi connectivity index (χ4v) is 2.41. The summed E-state index contributed by atoms with van der Waals surface area (Å²) in [6, 6.07) is 0. The van der Waals surface area contributed by atoms with Crippen molar-refractivity contribution < 1.29 is 28.2 Å². The van der Waals surface area contributed by atoms with Crippen LogP contribution in [0.1, 0.15) is 16.8 Å². The number of carboxylic acid groups (broad SMARTS) is 1. The van der Waals surface area contributed by atoms with Crippen LogP contribution in [0.25, 0.3) is 0 Å². The van der Waals surface area contributed by atoms with Crippen molar-refractivity contribution in [1.82, 2.24) is 14.9 Å². The highest BCUT2D eigenvalue weighted by molar-refractivity contribution is 7.89. The van der Waals surface area contributed by atoms with Crippen LogP contribution in [0.2, 0.25) is 0 Å². The van der Waals surface area contributed by atoms with Crippen LogP contribution < -0.4 is 4.72 Å². The van der Waals surface area contributed by atoms with Gasteiger partial charge in [-0.05, 0) is 6.42 Å². The third kappa shape index (κ3) is 4.59. The van der Waals surface area contributed by atoms with Crippen LogP contribution >= 0.6 is 0 Å². The summed E-state index contributed by atoms with van der Waals surface area (Å²) >= 11 is 0. The highest BCUT2D eigenvalue weighted by Crippen LogP contribution is 2.11. The summed E-state index contributed by atoms with van der Waals surface area (Å²) in [7, 11) is -3.94. The van der Waals surface area contributed by atoms with Crippen LogP contribution in [-0.2, 0) is 14.8 Å². The summed E-state index contributed by atoms with van der Waals surface area (Å²) in [6.45, 7) is 0.474. The van der Waals surface area contributed by atoms with Crippen molar-refractivity contribution in [1.29, 1.82) is 0 Å².